The number of hydrogen-bond acceptors (Lipinski definition) is 2. The summed E-state index contributed by atoms with van der Waals surface area (Å²) >= 11 is 5.70. The highest BCUT2D eigenvalue weighted by Crippen LogP contribution is 2.25. The summed E-state index contributed by atoms with van der Waals surface area (Å²) in [6.45, 7) is 0. The Kier molecular flexibility index (Phi) is 2.37. The fraction of sp³-hybridized carbons (Fsp3) is 0. The summed E-state index contributed by atoms with van der Waals surface area (Å²) < 4.78 is 0. The molecule has 0 aliphatic rings. The molecule has 0 aliphatic heterocycles. The summed E-state index contributed by atoms with van der Waals surface area (Å²) in [5, 5.41) is 9.33. The lowest BCUT2D eigenvalue weighted by atomic mass is 10.1. The molecule has 3 heteroatoms. The standard InChI is InChI=1S/C11H8ClNO/c12-11-10(14)7-6-9(13-11)8-4-2-1-3-5-8/h1-7,14H. The normalized spacial score (nSPS) is 10.1. The van der Waals surface area contributed by atoms with E-state index in [4.69, 9.17) is 11.6 Å². The number of rotatable bonds is 1. The van der Waals surface area contributed by atoms with Crippen LogP contribution < -0.4 is 0 Å². The molecule has 1 N–H and O–H groups in total. The van der Waals surface area contributed by atoms with Crippen LogP contribution in [-0.4, -0.2) is 10.1 Å². The molecule has 0 spiro atoms. The molecular formula is C11H8ClNO. The average molecular weight is 206 g/mol. The highest BCUT2D eigenvalue weighted by molar-refractivity contribution is 6.30. The number of nitrogens with zero attached hydrogens (tertiary/aromatic N) is 1. The Bertz CT molecular complexity index is 442. The third-order valence-corrected chi connectivity index (χ3v) is 2.18. The van der Waals surface area contributed by atoms with E-state index < -0.39 is 0 Å². The summed E-state index contributed by atoms with van der Waals surface area (Å²) in [7, 11) is 0. The van der Waals surface area contributed by atoms with Gasteiger partial charge in [0.2, 0.25) is 0 Å². The van der Waals surface area contributed by atoms with Crippen molar-refractivity contribution in [2.24, 2.45) is 0 Å². The van der Waals surface area contributed by atoms with Crippen molar-refractivity contribution < 1.29 is 5.11 Å². The van der Waals surface area contributed by atoms with Gasteiger partial charge in [0, 0.05) is 5.56 Å². The quantitative estimate of drug-likeness (QED) is 0.726. The van der Waals surface area contributed by atoms with Gasteiger partial charge in [-0.15, -0.1) is 0 Å². The Labute approximate surface area is 86.8 Å². The molecule has 0 fully saturated rings. The zero-order valence-corrected chi connectivity index (χ0v) is 8.07. The van der Waals surface area contributed by atoms with Gasteiger partial charge in [-0.05, 0) is 12.1 Å². The molecule has 0 unspecified atom stereocenters. The topological polar surface area (TPSA) is 33.1 Å². The second-order valence-corrected chi connectivity index (χ2v) is 3.23. The van der Waals surface area contributed by atoms with E-state index >= 15 is 0 Å². The van der Waals surface area contributed by atoms with Crippen LogP contribution in [0.2, 0.25) is 5.15 Å². The molecule has 14 heavy (non-hydrogen) atoms. The van der Waals surface area contributed by atoms with Crippen LogP contribution in [0.1, 0.15) is 0 Å². The van der Waals surface area contributed by atoms with Crippen molar-refractivity contribution in [2.75, 3.05) is 0 Å². The average Bonchev–Trinajstić information content (AvgIpc) is 2.23. The van der Waals surface area contributed by atoms with E-state index in [2.05, 4.69) is 4.98 Å². The van der Waals surface area contributed by atoms with Crippen LogP contribution in [0.15, 0.2) is 42.5 Å². The van der Waals surface area contributed by atoms with Gasteiger partial charge < -0.3 is 5.11 Å². The monoisotopic (exact) mass is 205 g/mol. The van der Waals surface area contributed by atoms with Crippen molar-refractivity contribution in [3.05, 3.63) is 47.6 Å². The van der Waals surface area contributed by atoms with E-state index in [1.165, 1.54) is 6.07 Å². The van der Waals surface area contributed by atoms with Crippen molar-refractivity contribution in [1.29, 1.82) is 0 Å². The van der Waals surface area contributed by atoms with Crippen molar-refractivity contribution in [3.63, 3.8) is 0 Å². The summed E-state index contributed by atoms with van der Waals surface area (Å²) in [5.41, 5.74) is 1.74. The highest BCUT2D eigenvalue weighted by atomic mass is 35.5. The Hall–Kier alpha value is -1.54. The van der Waals surface area contributed by atoms with Gasteiger partial charge in [-0.3, -0.25) is 0 Å². The summed E-state index contributed by atoms with van der Waals surface area (Å²) in [6.07, 6.45) is 0. The van der Waals surface area contributed by atoms with Gasteiger partial charge in [-0.25, -0.2) is 4.98 Å². The number of pyridine rings is 1. The third kappa shape index (κ3) is 1.70. The zero-order chi connectivity index (χ0) is 9.97. The number of aromatic nitrogens is 1. The summed E-state index contributed by atoms with van der Waals surface area (Å²) in [4.78, 5) is 4.06. The van der Waals surface area contributed by atoms with Gasteiger partial charge in [0.25, 0.3) is 0 Å². The number of hydrogen-bond donors (Lipinski definition) is 1. The van der Waals surface area contributed by atoms with Crippen LogP contribution >= 0.6 is 11.6 Å². The molecule has 0 radical (unpaired) electrons. The minimum atomic E-state index is 0.00588. The maximum absolute atomic E-state index is 9.20. The molecule has 2 nitrogen and oxygen atoms in total. The molecule has 0 saturated heterocycles. The summed E-state index contributed by atoms with van der Waals surface area (Å²) in [5.74, 6) is 0.00588. The fourth-order valence-electron chi connectivity index (χ4n) is 1.20. The number of benzene rings is 1. The predicted molar refractivity (Wildman–Crippen MR) is 56.3 cm³/mol. The first kappa shape index (κ1) is 9.03. The first-order chi connectivity index (χ1) is 6.77. The maximum atomic E-state index is 9.20. The molecular weight excluding hydrogens is 198 g/mol. The van der Waals surface area contributed by atoms with Crippen LogP contribution in [-0.2, 0) is 0 Å². The lowest BCUT2D eigenvalue weighted by Crippen LogP contribution is -1.83. The van der Waals surface area contributed by atoms with Gasteiger partial charge >= 0.3 is 0 Å². The molecule has 0 aliphatic carbocycles. The van der Waals surface area contributed by atoms with E-state index in [0.29, 0.717) is 0 Å². The number of halogens is 1. The largest absolute Gasteiger partial charge is 0.505 e. The van der Waals surface area contributed by atoms with Gasteiger partial charge in [0.05, 0.1) is 5.69 Å². The molecule has 0 saturated carbocycles. The number of aromatic hydroxyl groups is 1. The molecule has 0 bridgehead atoms. The summed E-state index contributed by atoms with van der Waals surface area (Å²) in [6, 6.07) is 12.9. The second-order valence-electron chi connectivity index (χ2n) is 2.87. The van der Waals surface area contributed by atoms with E-state index in [-0.39, 0.29) is 10.9 Å². The van der Waals surface area contributed by atoms with E-state index in [1.54, 1.807) is 6.07 Å². The predicted octanol–water partition coefficient (Wildman–Crippen LogP) is 3.11. The molecule has 1 aromatic heterocycles. The lowest BCUT2D eigenvalue weighted by molar-refractivity contribution is 0.473. The van der Waals surface area contributed by atoms with Crippen LogP contribution in [0, 0.1) is 0 Å². The molecule has 2 aromatic rings. The fourth-order valence-corrected chi connectivity index (χ4v) is 1.35. The van der Waals surface area contributed by atoms with Crippen LogP contribution in [0.4, 0.5) is 0 Å². The van der Waals surface area contributed by atoms with Crippen molar-refractivity contribution in [3.8, 4) is 17.0 Å². The minimum absolute atomic E-state index is 0.00588. The van der Waals surface area contributed by atoms with Crippen LogP contribution in [0.25, 0.3) is 11.3 Å². The van der Waals surface area contributed by atoms with Gasteiger partial charge in [0.1, 0.15) is 0 Å². The molecule has 2 rings (SSSR count). The molecule has 1 heterocycles. The Morgan fingerprint density at radius 2 is 1.71 bits per heavy atom. The van der Waals surface area contributed by atoms with Crippen LogP contribution in [0.3, 0.4) is 0 Å². The first-order valence-electron chi connectivity index (χ1n) is 4.18. The van der Waals surface area contributed by atoms with Gasteiger partial charge in [-0.2, -0.15) is 0 Å². The lowest BCUT2D eigenvalue weighted by Gasteiger charge is -2.01. The van der Waals surface area contributed by atoms with Gasteiger partial charge in [0.15, 0.2) is 10.9 Å². The van der Waals surface area contributed by atoms with Crippen molar-refractivity contribution >= 4 is 11.6 Å². The Balaban J connectivity index is 2.48. The first-order valence-corrected chi connectivity index (χ1v) is 4.56. The van der Waals surface area contributed by atoms with Crippen molar-refractivity contribution in [2.45, 2.75) is 0 Å². The van der Waals surface area contributed by atoms with Gasteiger partial charge in [-0.1, -0.05) is 41.9 Å². The smallest absolute Gasteiger partial charge is 0.171 e. The molecule has 0 atom stereocenters. The van der Waals surface area contributed by atoms with E-state index in [9.17, 15) is 5.11 Å². The highest BCUT2D eigenvalue weighted by Gasteiger charge is 2.02. The second kappa shape index (κ2) is 3.68. The maximum Gasteiger partial charge on any atom is 0.171 e. The minimum Gasteiger partial charge on any atom is -0.505 e. The van der Waals surface area contributed by atoms with E-state index in [1.807, 2.05) is 30.3 Å². The third-order valence-electron chi connectivity index (χ3n) is 1.90. The Morgan fingerprint density at radius 1 is 1.00 bits per heavy atom. The molecule has 1 aromatic carbocycles. The molecule has 0 amide bonds. The van der Waals surface area contributed by atoms with E-state index in [0.717, 1.165) is 11.3 Å². The zero-order valence-electron chi connectivity index (χ0n) is 7.31. The van der Waals surface area contributed by atoms with Crippen LogP contribution in [0.5, 0.6) is 5.75 Å². The van der Waals surface area contributed by atoms with Crippen molar-refractivity contribution in [1.82, 2.24) is 4.98 Å². The molecule has 70 valence electrons. The SMILES string of the molecule is Oc1ccc(-c2ccccc2)nc1Cl. The Morgan fingerprint density at radius 3 is 2.36 bits per heavy atom.